The van der Waals surface area contributed by atoms with Crippen molar-refractivity contribution in [2.75, 3.05) is 6.26 Å². The molecule has 0 saturated heterocycles. The van der Waals surface area contributed by atoms with Crippen LogP contribution in [0, 0.1) is 0 Å². The lowest BCUT2D eigenvalue weighted by molar-refractivity contribution is -0.0807. The third-order valence-corrected chi connectivity index (χ3v) is 10.4. The molecule has 1 amide bonds. The Morgan fingerprint density at radius 3 is 2.58 bits per heavy atom. The normalized spacial score (nSPS) is 25.0. The summed E-state index contributed by atoms with van der Waals surface area (Å²) in [6.45, 7) is 3.20. The number of hydrogen-bond donors (Lipinski definition) is 1. The van der Waals surface area contributed by atoms with Crippen LogP contribution in [0.15, 0.2) is 36.5 Å². The summed E-state index contributed by atoms with van der Waals surface area (Å²) in [4.78, 5) is 21.9. The fraction of sp³-hybridized carbons (Fsp3) is 0.409. The molecule has 3 fully saturated rings. The van der Waals surface area contributed by atoms with Gasteiger partial charge in [0.15, 0.2) is 9.84 Å². The first kappa shape index (κ1) is 20.8. The SMILES string of the molecule is CC(C)(c1cc(C(=O)NC23CC(c4nc5cc(Cl)ccc5s4)(C2)C3)ccn1)S(C)(=O)=O. The first-order chi connectivity index (χ1) is 14.4. The molecule has 0 radical (unpaired) electrons. The first-order valence-electron chi connectivity index (χ1n) is 9.98. The number of sulfone groups is 1. The molecule has 0 atom stereocenters. The van der Waals surface area contributed by atoms with Crippen LogP contribution in [0.25, 0.3) is 10.2 Å². The number of fused-ring (bicyclic) bond motifs is 1. The highest BCUT2D eigenvalue weighted by Gasteiger charge is 2.70. The number of nitrogens with zero attached hydrogens (tertiary/aromatic N) is 2. The lowest BCUT2D eigenvalue weighted by Gasteiger charge is -2.69. The molecule has 3 aliphatic carbocycles. The van der Waals surface area contributed by atoms with Crippen LogP contribution < -0.4 is 5.32 Å². The fourth-order valence-electron chi connectivity index (χ4n) is 4.68. The Labute approximate surface area is 190 Å². The Kier molecular flexibility index (Phi) is 4.37. The van der Waals surface area contributed by atoms with Crippen LogP contribution >= 0.6 is 22.9 Å². The standard InChI is InChI=1S/C22H22ClN3O3S2/c1-20(2,31(3,28)29)17-8-13(6-7-24-17)18(27)26-22-10-21(11-22,12-22)19-25-15-9-14(23)4-5-16(15)30-19/h4-9H,10-12H2,1-3H3,(H,26,27). The van der Waals surface area contributed by atoms with Crippen molar-refractivity contribution in [2.45, 2.75) is 48.8 Å². The molecule has 1 aromatic carbocycles. The number of pyridine rings is 1. The van der Waals surface area contributed by atoms with Gasteiger partial charge in [0.25, 0.3) is 5.91 Å². The van der Waals surface area contributed by atoms with Gasteiger partial charge < -0.3 is 5.32 Å². The Balaban J connectivity index is 1.31. The molecular weight excluding hydrogens is 454 g/mol. The Hall–Kier alpha value is -2.03. The molecule has 2 bridgehead atoms. The van der Waals surface area contributed by atoms with Crippen molar-refractivity contribution in [1.82, 2.24) is 15.3 Å². The van der Waals surface area contributed by atoms with Crippen LogP contribution in [0.2, 0.25) is 5.02 Å². The maximum Gasteiger partial charge on any atom is 0.251 e. The molecule has 3 aromatic rings. The highest BCUT2D eigenvalue weighted by atomic mass is 35.5. The minimum Gasteiger partial charge on any atom is -0.346 e. The van der Waals surface area contributed by atoms with Crippen molar-refractivity contribution in [2.24, 2.45) is 0 Å². The van der Waals surface area contributed by atoms with E-state index in [2.05, 4.69) is 10.3 Å². The molecule has 6 rings (SSSR count). The van der Waals surface area contributed by atoms with Gasteiger partial charge in [0.05, 0.1) is 15.9 Å². The Morgan fingerprint density at radius 1 is 1.19 bits per heavy atom. The van der Waals surface area contributed by atoms with E-state index in [1.807, 2.05) is 18.2 Å². The molecule has 2 aromatic heterocycles. The molecule has 0 unspecified atom stereocenters. The lowest BCUT2D eigenvalue weighted by Crippen LogP contribution is -2.76. The fourth-order valence-corrected chi connectivity index (χ4v) is 6.47. The van der Waals surface area contributed by atoms with Crippen LogP contribution in [-0.4, -0.2) is 36.1 Å². The van der Waals surface area contributed by atoms with Crippen LogP contribution in [0.5, 0.6) is 0 Å². The number of thiazole rings is 1. The molecular formula is C22H22ClN3O3S2. The topological polar surface area (TPSA) is 89.0 Å². The number of amides is 1. The minimum absolute atomic E-state index is 0.0468. The predicted octanol–water partition coefficient (Wildman–Crippen LogP) is 4.23. The van der Waals surface area contributed by atoms with E-state index in [4.69, 9.17) is 16.6 Å². The Morgan fingerprint density at radius 2 is 1.90 bits per heavy atom. The molecule has 3 aliphatic rings. The summed E-state index contributed by atoms with van der Waals surface area (Å²) in [5.74, 6) is -0.197. The number of rotatable bonds is 5. The molecule has 162 valence electrons. The van der Waals surface area contributed by atoms with Crippen LogP contribution in [0.4, 0.5) is 0 Å². The number of hydrogen-bond acceptors (Lipinski definition) is 6. The molecule has 0 aliphatic heterocycles. The van der Waals surface area contributed by atoms with Gasteiger partial charge in [-0.1, -0.05) is 11.6 Å². The number of nitrogens with one attached hydrogen (secondary N) is 1. The summed E-state index contributed by atoms with van der Waals surface area (Å²) in [6.07, 6.45) is 5.27. The zero-order chi connectivity index (χ0) is 22.2. The van der Waals surface area contributed by atoms with Crippen molar-refractivity contribution >= 4 is 48.9 Å². The van der Waals surface area contributed by atoms with E-state index in [0.717, 1.165) is 34.5 Å². The van der Waals surface area contributed by atoms with Gasteiger partial charge in [0.1, 0.15) is 9.75 Å². The van der Waals surface area contributed by atoms with Crippen LogP contribution in [-0.2, 0) is 20.0 Å². The molecule has 2 heterocycles. The number of benzene rings is 1. The number of carbonyl (C=O) groups is 1. The summed E-state index contributed by atoms with van der Waals surface area (Å²) >= 11 is 7.78. The second-order valence-electron chi connectivity index (χ2n) is 9.39. The van der Waals surface area contributed by atoms with Crippen LogP contribution in [0.1, 0.15) is 54.2 Å². The second-order valence-corrected chi connectivity index (χ2v) is 13.4. The van der Waals surface area contributed by atoms with E-state index in [0.29, 0.717) is 16.3 Å². The monoisotopic (exact) mass is 475 g/mol. The van der Waals surface area contributed by atoms with Crippen molar-refractivity contribution in [1.29, 1.82) is 0 Å². The summed E-state index contributed by atoms with van der Waals surface area (Å²) in [6, 6.07) is 8.97. The summed E-state index contributed by atoms with van der Waals surface area (Å²) in [5.41, 5.74) is 1.56. The van der Waals surface area contributed by atoms with E-state index in [1.54, 1.807) is 37.3 Å². The van der Waals surface area contributed by atoms with Gasteiger partial charge in [-0.25, -0.2) is 13.4 Å². The van der Waals surface area contributed by atoms with E-state index >= 15 is 0 Å². The van der Waals surface area contributed by atoms with Crippen molar-refractivity contribution in [3.8, 4) is 0 Å². The van der Waals surface area contributed by atoms with Gasteiger partial charge in [-0.2, -0.15) is 0 Å². The average molecular weight is 476 g/mol. The van der Waals surface area contributed by atoms with Gasteiger partial charge in [0.2, 0.25) is 0 Å². The molecule has 6 nitrogen and oxygen atoms in total. The molecule has 3 saturated carbocycles. The molecule has 31 heavy (non-hydrogen) atoms. The maximum absolute atomic E-state index is 12.9. The van der Waals surface area contributed by atoms with Gasteiger partial charge >= 0.3 is 0 Å². The quantitative estimate of drug-likeness (QED) is 0.596. The maximum atomic E-state index is 12.9. The largest absolute Gasteiger partial charge is 0.346 e. The summed E-state index contributed by atoms with van der Waals surface area (Å²) < 4.78 is 24.2. The van der Waals surface area contributed by atoms with Gasteiger partial charge in [0, 0.05) is 34.0 Å². The van der Waals surface area contributed by atoms with Gasteiger partial charge in [-0.3, -0.25) is 9.78 Å². The highest BCUT2D eigenvalue weighted by Crippen LogP contribution is 2.68. The zero-order valence-corrected chi connectivity index (χ0v) is 19.8. The van der Waals surface area contributed by atoms with Crippen molar-refractivity contribution < 1.29 is 13.2 Å². The van der Waals surface area contributed by atoms with Crippen molar-refractivity contribution in [3.63, 3.8) is 0 Å². The minimum atomic E-state index is -3.38. The Bertz CT molecular complexity index is 1330. The van der Waals surface area contributed by atoms with E-state index < -0.39 is 14.6 Å². The zero-order valence-electron chi connectivity index (χ0n) is 17.4. The average Bonchev–Trinajstić information content (AvgIpc) is 3.05. The highest BCUT2D eigenvalue weighted by molar-refractivity contribution is 7.91. The van der Waals surface area contributed by atoms with Crippen LogP contribution in [0.3, 0.4) is 0 Å². The molecule has 9 heteroatoms. The molecule has 1 N–H and O–H groups in total. The van der Waals surface area contributed by atoms with E-state index in [9.17, 15) is 13.2 Å². The van der Waals surface area contributed by atoms with Gasteiger partial charge in [-0.05, 0) is 63.4 Å². The third-order valence-electron chi connectivity index (χ3n) is 6.78. The predicted molar refractivity (Wildman–Crippen MR) is 122 cm³/mol. The number of aromatic nitrogens is 2. The third kappa shape index (κ3) is 3.18. The number of carbonyl (C=O) groups excluding carboxylic acids is 1. The van der Waals surface area contributed by atoms with E-state index in [1.165, 1.54) is 12.5 Å². The number of halogens is 1. The summed E-state index contributed by atoms with van der Waals surface area (Å²) in [5, 5.41) is 4.96. The van der Waals surface area contributed by atoms with E-state index in [-0.39, 0.29) is 16.9 Å². The lowest BCUT2D eigenvalue weighted by atomic mass is 9.39. The first-order valence-corrected chi connectivity index (χ1v) is 13.1. The molecule has 0 spiro atoms. The van der Waals surface area contributed by atoms with Crippen molar-refractivity contribution in [3.05, 3.63) is 57.8 Å². The van der Waals surface area contributed by atoms with Gasteiger partial charge in [-0.15, -0.1) is 11.3 Å². The smallest absolute Gasteiger partial charge is 0.251 e. The summed E-state index contributed by atoms with van der Waals surface area (Å²) in [7, 11) is -3.38. The second kappa shape index (κ2) is 6.49.